The fourth-order valence-corrected chi connectivity index (χ4v) is 6.74. The molecule has 0 spiro atoms. The van der Waals surface area contributed by atoms with Gasteiger partial charge in [0.15, 0.2) is 0 Å². The van der Waals surface area contributed by atoms with Crippen LogP contribution in [0, 0.1) is 40.4 Å². The zero-order valence-corrected chi connectivity index (χ0v) is 21.8. The van der Waals surface area contributed by atoms with E-state index in [0.717, 1.165) is 12.3 Å². The molecule has 4 fully saturated rings. The van der Waals surface area contributed by atoms with Gasteiger partial charge >= 0.3 is 6.18 Å². The van der Waals surface area contributed by atoms with Crippen LogP contribution >= 0.6 is 0 Å². The molecule has 4 aliphatic rings. The van der Waals surface area contributed by atoms with E-state index in [1.54, 1.807) is 0 Å². The number of piperidine rings is 1. The Kier molecular flexibility index (Phi) is 6.93. The van der Waals surface area contributed by atoms with Crippen molar-refractivity contribution in [3.8, 4) is 6.07 Å². The lowest BCUT2D eigenvalue weighted by molar-refractivity contribution is -0.141. The van der Waals surface area contributed by atoms with Crippen molar-refractivity contribution in [2.24, 2.45) is 29.1 Å². The molecule has 10 nitrogen and oxygen atoms in total. The van der Waals surface area contributed by atoms with Crippen LogP contribution in [0.3, 0.4) is 0 Å². The van der Waals surface area contributed by atoms with Crippen molar-refractivity contribution in [2.45, 2.75) is 70.3 Å². The van der Waals surface area contributed by atoms with Gasteiger partial charge in [-0.1, -0.05) is 26.7 Å². The Morgan fingerprint density at radius 1 is 1.18 bits per heavy atom. The van der Waals surface area contributed by atoms with E-state index >= 15 is 0 Å². The monoisotopic (exact) mass is 547 g/mol. The summed E-state index contributed by atoms with van der Waals surface area (Å²) in [5.41, 5.74) is -1.29. The summed E-state index contributed by atoms with van der Waals surface area (Å²) in [6.07, 6.45) is -1.28. The number of rotatable bonds is 2. The van der Waals surface area contributed by atoms with Crippen LogP contribution < -0.4 is 16.0 Å². The molecule has 13 heteroatoms. The molecular formula is C26H32F3N7O3. The second-order valence-corrected chi connectivity index (χ2v) is 11.7. The third-order valence-corrected chi connectivity index (χ3v) is 9.03. The van der Waals surface area contributed by atoms with Gasteiger partial charge in [-0.05, 0) is 48.5 Å². The van der Waals surface area contributed by atoms with Crippen molar-refractivity contribution in [1.29, 1.82) is 5.26 Å². The van der Waals surface area contributed by atoms with E-state index in [9.17, 15) is 32.8 Å². The number of amides is 3. The van der Waals surface area contributed by atoms with Gasteiger partial charge in [-0.15, -0.1) is 0 Å². The fraction of sp³-hybridized carbons (Fsp3) is 0.692. The van der Waals surface area contributed by atoms with Gasteiger partial charge in [-0.2, -0.15) is 18.4 Å². The Morgan fingerprint density at radius 3 is 2.64 bits per heavy atom. The SMILES string of the molecule is CC1(C)C2CN3C(=O)[C@@H](Nc4nccc(C(F)(F)F)n4)CCCC[C@H]4CNC(=O)[C@H]4C[C@@H](C#N)NC(=O)[C@@H]3[C@H]21. The highest BCUT2D eigenvalue weighted by molar-refractivity contribution is 5.93. The quantitative estimate of drug-likeness (QED) is 0.515. The minimum absolute atomic E-state index is 0.0168. The minimum Gasteiger partial charge on any atom is -0.356 e. The first-order valence-electron chi connectivity index (χ1n) is 13.4. The molecule has 5 rings (SSSR count). The maximum absolute atomic E-state index is 13.9. The Labute approximate surface area is 224 Å². The molecule has 3 N–H and O–H groups in total. The van der Waals surface area contributed by atoms with E-state index in [-0.39, 0.29) is 41.4 Å². The lowest BCUT2D eigenvalue weighted by atomic mass is 9.85. The molecule has 210 valence electrons. The molecular weight excluding hydrogens is 515 g/mol. The molecule has 39 heavy (non-hydrogen) atoms. The number of nitrogens with zero attached hydrogens (tertiary/aromatic N) is 4. The van der Waals surface area contributed by atoms with E-state index in [1.165, 1.54) is 4.90 Å². The summed E-state index contributed by atoms with van der Waals surface area (Å²) in [5.74, 6) is -1.75. The summed E-state index contributed by atoms with van der Waals surface area (Å²) in [7, 11) is 0. The second-order valence-electron chi connectivity index (χ2n) is 11.7. The molecule has 0 radical (unpaired) electrons. The maximum atomic E-state index is 13.9. The van der Waals surface area contributed by atoms with E-state index in [4.69, 9.17) is 0 Å². The fourth-order valence-electron chi connectivity index (χ4n) is 6.74. The second kappa shape index (κ2) is 9.95. The highest BCUT2D eigenvalue weighted by Crippen LogP contribution is 2.65. The van der Waals surface area contributed by atoms with Crippen LogP contribution in [0.2, 0.25) is 0 Å². The molecule has 3 saturated heterocycles. The van der Waals surface area contributed by atoms with Crippen LogP contribution in [0.4, 0.5) is 19.1 Å². The third-order valence-electron chi connectivity index (χ3n) is 9.03. The van der Waals surface area contributed by atoms with Gasteiger partial charge in [0.25, 0.3) is 0 Å². The van der Waals surface area contributed by atoms with Gasteiger partial charge in [-0.25, -0.2) is 9.97 Å². The third kappa shape index (κ3) is 5.13. The number of carbonyl (C=O) groups excluding carboxylic acids is 3. The molecule has 1 aliphatic carbocycles. The number of halogens is 3. The average Bonchev–Trinajstić information content (AvgIpc) is 3.20. The number of anilines is 1. The number of fused-ring (bicyclic) bond motifs is 4. The van der Waals surface area contributed by atoms with Crippen molar-refractivity contribution in [3.05, 3.63) is 18.0 Å². The standard InChI is InChI=1S/C26H32F3N7O3/c1-25(2)16-12-36-20(19(16)25)22(38)33-14(10-30)9-15-13(11-32-21(15)37)5-3-4-6-17(23(36)39)34-24-31-8-7-18(35-24)26(27,28)29/h7-8,13-17,19-20H,3-6,9,11-12H2,1-2H3,(H,32,37)(H,33,38)(H,31,34,35)/t13-,14-,15-,16?,17-,19-,20-/m0/s1. The molecule has 0 bridgehead atoms. The Hall–Kier alpha value is -3.43. The molecule has 1 saturated carbocycles. The van der Waals surface area contributed by atoms with Gasteiger partial charge in [-0.3, -0.25) is 14.4 Å². The topological polar surface area (TPSA) is 140 Å². The van der Waals surface area contributed by atoms with Gasteiger partial charge < -0.3 is 20.9 Å². The summed E-state index contributed by atoms with van der Waals surface area (Å²) in [4.78, 5) is 48.9. The van der Waals surface area contributed by atoms with E-state index in [2.05, 4.69) is 32.0 Å². The molecule has 1 aromatic rings. The molecule has 1 aromatic heterocycles. The van der Waals surface area contributed by atoms with Crippen molar-refractivity contribution in [2.75, 3.05) is 18.4 Å². The molecule has 7 atom stereocenters. The predicted octanol–water partition coefficient (Wildman–Crippen LogP) is 2.09. The maximum Gasteiger partial charge on any atom is 0.433 e. The van der Waals surface area contributed by atoms with Gasteiger partial charge in [0.2, 0.25) is 23.7 Å². The number of nitriles is 1. The summed E-state index contributed by atoms with van der Waals surface area (Å²) < 4.78 is 39.7. The smallest absolute Gasteiger partial charge is 0.356 e. The zero-order valence-electron chi connectivity index (χ0n) is 21.8. The van der Waals surface area contributed by atoms with Gasteiger partial charge in [0, 0.05) is 25.2 Å². The average molecular weight is 548 g/mol. The summed E-state index contributed by atoms with van der Waals surface area (Å²) in [6.45, 7) is 4.87. The van der Waals surface area contributed by atoms with Crippen LogP contribution in [0.1, 0.15) is 51.6 Å². The number of hydrogen-bond donors (Lipinski definition) is 3. The first-order chi connectivity index (χ1) is 18.4. The number of hydrogen-bond acceptors (Lipinski definition) is 7. The van der Waals surface area contributed by atoms with Crippen LogP contribution in [0.5, 0.6) is 0 Å². The molecule has 4 heterocycles. The van der Waals surface area contributed by atoms with Crippen molar-refractivity contribution < 1.29 is 27.6 Å². The first-order valence-corrected chi connectivity index (χ1v) is 13.4. The lowest BCUT2D eigenvalue weighted by Gasteiger charge is -2.34. The molecule has 3 aliphatic heterocycles. The van der Waals surface area contributed by atoms with Gasteiger partial charge in [0.1, 0.15) is 23.8 Å². The summed E-state index contributed by atoms with van der Waals surface area (Å²) in [5, 5.41) is 18.2. The predicted molar refractivity (Wildman–Crippen MR) is 131 cm³/mol. The molecule has 3 amide bonds. The normalized spacial score (nSPS) is 34.5. The summed E-state index contributed by atoms with van der Waals surface area (Å²) in [6, 6.07) is 0.214. The highest BCUT2D eigenvalue weighted by atomic mass is 19.4. The zero-order chi connectivity index (χ0) is 28.1. The number of carbonyl (C=O) groups is 3. The lowest BCUT2D eigenvalue weighted by Crippen LogP contribution is -2.55. The van der Waals surface area contributed by atoms with Crippen molar-refractivity contribution >= 4 is 23.7 Å². The molecule has 1 unspecified atom stereocenters. The van der Waals surface area contributed by atoms with E-state index in [1.807, 2.05) is 13.8 Å². The largest absolute Gasteiger partial charge is 0.433 e. The number of alkyl halides is 3. The van der Waals surface area contributed by atoms with Crippen LogP contribution in [0.25, 0.3) is 0 Å². The van der Waals surface area contributed by atoms with Crippen LogP contribution in [-0.2, 0) is 20.6 Å². The van der Waals surface area contributed by atoms with E-state index in [0.29, 0.717) is 38.8 Å². The van der Waals surface area contributed by atoms with Crippen LogP contribution in [0.15, 0.2) is 12.3 Å². The van der Waals surface area contributed by atoms with E-state index < -0.39 is 47.7 Å². The Bertz CT molecular complexity index is 1200. The van der Waals surface area contributed by atoms with Crippen molar-refractivity contribution in [1.82, 2.24) is 25.5 Å². The van der Waals surface area contributed by atoms with Gasteiger partial charge in [0.05, 0.1) is 6.07 Å². The first kappa shape index (κ1) is 27.1. The van der Waals surface area contributed by atoms with Crippen LogP contribution in [-0.4, -0.2) is 63.8 Å². The van der Waals surface area contributed by atoms with Crippen molar-refractivity contribution in [3.63, 3.8) is 0 Å². The highest BCUT2D eigenvalue weighted by Gasteiger charge is 2.69. The summed E-state index contributed by atoms with van der Waals surface area (Å²) >= 11 is 0. The minimum atomic E-state index is -4.67. The Morgan fingerprint density at radius 2 is 1.92 bits per heavy atom. The molecule has 0 aromatic carbocycles. The number of nitrogens with one attached hydrogen (secondary N) is 3. The Balaban J connectivity index is 1.44. The number of aromatic nitrogens is 2.